The smallest absolute Gasteiger partial charge is 0.335 e. The molecule has 0 unspecified atom stereocenters. The van der Waals surface area contributed by atoms with Gasteiger partial charge in [0, 0.05) is 17.5 Å². The molecule has 0 fully saturated rings. The molecule has 0 saturated carbocycles. The molecule has 0 radical (unpaired) electrons. The van der Waals surface area contributed by atoms with Gasteiger partial charge in [-0.2, -0.15) is 0 Å². The Hall–Kier alpha value is -2.23. The van der Waals surface area contributed by atoms with Gasteiger partial charge in [0.15, 0.2) is 0 Å². The maximum absolute atomic E-state index is 13.3. The first-order valence-corrected chi connectivity index (χ1v) is 5.04. The van der Waals surface area contributed by atoms with Gasteiger partial charge in [0.05, 0.1) is 5.56 Å². The van der Waals surface area contributed by atoms with E-state index in [1.54, 1.807) is 25.3 Å². The van der Waals surface area contributed by atoms with Crippen molar-refractivity contribution in [1.82, 2.24) is 4.98 Å². The SMILES string of the molecule is Cc1ncccc1-c1cc(F)cc(C(=O)O)c1. The van der Waals surface area contributed by atoms with Crippen LogP contribution in [0.3, 0.4) is 0 Å². The highest BCUT2D eigenvalue weighted by atomic mass is 19.1. The summed E-state index contributed by atoms with van der Waals surface area (Å²) in [6.45, 7) is 1.79. The van der Waals surface area contributed by atoms with Crippen LogP contribution in [-0.2, 0) is 0 Å². The lowest BCUT2D eigenvalue weighted by Gasteiger charge is -2.06. The maximum atomic E-state index is 13.3. The Labute approximate surface area is 97.6 Å². The van der Waals surface area contributed by atoms with Gasteiger partial charge in [-0.1, -0.05) is 6.07 Å². The molecule has 2 aromatic rings. The van der Waals surface area contributed by atoms with E-state index < -0.39 is 11.8 Å². The van der Waals surface area contributed by atoms with Gasteiger partial charge >= 0.3 is 5.97 Å². The van der Waals surface area contributed by atoms with Gasteiger partial charge in [0.25, 0.3) is 0 Å². The lowest BCUT2D eigenvalue weighted by atomic mass is 10.0. The summed E-state index contributed by atoms with van der Waals surface area (Å²) < 4.78 is 13.3. The zero-order valence-corrected chi connectivity index (χ0v) is 9.14. The van der Waals surface area contributed by atoms with Gasteiger partial charge in [-0.05, 0) is 36.8 Å². The Morgan fingerprint density at radius 2 is 2.12 bits per heavy atom. The fourth-order valence-electron chi connectivity index (χ4n) is 1.66. The number of carboxylic acids is 1. The molecule has 2 rings (SSSR count). The van der Waals surface area contributed by atoms with Crippen LogP contribution >= 0.6 is 0 Å². The minimum Gasteiger partial charge on any atom is -0.478 e. The van der Waals surface area contributed by atoms with Gasteiger partial charge in [0.1, 0.15) is 5.82 Å². The van der Waals surface area contributed by atoms with E-state index in [4.69, 9.17) is 5.11 Å². The van der Waals surface area contributed by atoms with E-state index in [1.165, 1.54) is 12.1 Å². The van der Waals surface area contributed by atoms with E-state index in [1.807, 2.05) is 0 Å². The zero-order chi connectivity index (χ0) is 12.4. The lowest BCUT2D eigenvalue weighted by molar-refractivity contribution is 0.0696. The van der Waals surface area contributed by atoms with Crippen LogP contribution < -0.4 is 0 Å². The summed E-state index contributed by atoms with van der Waals surface area (Å²) in [6.07, 6.45) is 1.64. The maximum Gasteiger partial charge on any atom is 0.335 e. The van der Waals surface area contributed by atoms with E-state index in [-0.39, 0.29) is 5.56 Å². The average molecular weight is 231 g/mol. The molecule has 1 aromatic carbocycles. The fourth-order valence-corrected chi connectivity index (χ4v) is 1.66. The van der Waals surface area contributed by atoms with Gasteiger partial charge in [-0.15, -0.1) is 0 Å². The van der Waals surface area contributed by atoms with Crippen LogP contribution in [0.5, 0.6) is 0 Å². The van der Waals surface area contributed by atoms with Crippen molar-refractivity contribution in [1.29, 1.82) is 0 Å². The van der Waals surface area contributed by atoms with Gasteiger partial charge in [-0.3, -0.25) is 4.98 Å². The molecule has 1 heterocycles. The Bertz CT molecular complexity index is 581. The van der Waals surface area contributed by atoms with Crippen molar-refractivity contribution < 1.29 is 14.3 Å². The molecule has 0 bridgehead atoms. The summed E-state index contributed by atoms with van der Waals surface area (Å²) in [5.41, 5.74) is 1.92. The third-order valence-corrected chi connectivity index (χ3v) is 2.46. The van der Waals surface area contributed by atoms with Crippen molar-refractivity contribution in [3.05, 3.63) is 53.6 Å². The van der Waals surface area contributed by atoms with Crippen LogP contribution in [0.15, 0.2) is 36.5 Å². The van der Waals surface area contributed by atoms with E-state index in [9.17, 15) is 9.18 Å². The Kier molecular flexibility index (Phi) is 2.87. The summed E-state index contributed by atoms with van der Waals surface area (Å²) in [7, 11) is 0. The number of carboxylic acid groups (broad SMARTS) is 1. The highest BCUT2D eigenvalue weighted by Gasteiger charge is 2.09. The monoisotopic (exact) mass is 231 g/mol. The molecule has 1 N–H and O–H groups in total. The second-order valence-corrected chi connectivity index (χ2v) is 3.67. The molecule has 0 spiro atoms. The number of rotatable bonds is 2. The molecule has 4 heteroatoms. The van der Waals surface area contributed by atoms with Crippen molar-refractivity contribution in [3.8, 4) is 11.1 Å². The normalized spacial score (nSPS) is 10.2. The zero-order valence-electron chi connectivity index (χ0n) is 9.14. The number of nitrogens with zero attached hydrogens (tertiary/aromatic N) is 1. The largest absolute Gasteiger partial charge is 0.478 e. The predicted molar refractivity (Wildman–Crippen MR) is 61.3 cm³/mol. The van der Waals surface area contributed by atoms with Crippen molar-refractivity contribution in [2.24, 2.45) is 0 Å². The summed E-state index contributed by atoms with van der Waals surface area (Å²) in [6, 6.07) is 7.25. The lowest BCUT2D eigenvalue weighted by Crippen LogP contribution is -1.98. The van der Waals surface area contributed by atoms with Crippen LogP contribution in [0, 0.1) is 12.7 Å². The van der Waals surface area contributed by atoms with Gasteiger partial charge in [-0.25, -0.2) is 9.18 Å². The number of benzene rings is 1. The molecule has 0 aliphatic heterocycles. The Balaban J connectivity index is 2.60. The van der Waals surface area contributed by atoms with Crippen LogP contribution in [0.1, 0.15) is 16.1 Å². The number of aromatic nitrogens is 1. The predicted octanol–water partition coefficient (Wildman–Crippen LogP) is 2.89. The molecule has 0 amide bonds. The summed E-state index contributed by atoms with van der Waals surface area (Å²) in [5, 5.41) is 8.87. The third-order valence-electron chi connectivity index (χ3n) is 2.46. The third kappa shape index (κ3) is 2.30. The second-order valence-electron chi connectivity index (χ2n) is 3.67. The van der Waals surface area contributed by atoms with Gasteiger partial charge < -0.3 is 5.11 Å². The first-order valence-electron chi connectivity index (χ1n) is 5.04. The number of hydrogen-bond donors (Lipinski definition) is 1. The summed E-state index contributed by atoms with van der Waals surface area (Å²) in [4.78, 5) is 14.9. The highest BCUT2D eigenvalue weighted by Crippen LogP contribution is 2.24. The average Bonchev–Trinajstić information content (AvgIpc) is 2.28. The molecule has 0 atom stereocenters. The second kappa shape index (κ2) is 4.33. The summed E-state index contributed by atoms with van der Waals surface area (Å²) >= 11 is 0. The molecule has 0 aliphatic rings. The van der Waals surface area contributed by atoms with Crippen LogP contribution in [0.25, 0.3) is 11.1 Å². The van der Waals surface area contributed by atoms with Crippen molar-refractivity contribution in [2.45, 2.75) is 6.92 Å². The number of pyridine rings is 1. The van der Waals surface area contributed by atoms with Crippen molar-refractivity contribution in [3.63, 3.8) is 0 Å². The van der Waals surface area contributed by atoms with Crippen LogP contribution in [0.4, 0.5) is 4.39 Å². The molecular weight excluding hydrogens is 221 g/mol. The molecule has 1 aromatic heterocycles. The molecule has 86 valence electrons. The number of hydrogen-bond acceptors (Lipinski definition) is 2. The molecule has 3 nitrogen and oxygen atoms in total. The minimum absolute atomic E-state index is 0.0664. The standard InChI is InChI=1S/C13H10FNO2/c1-8-12(3-2-4-15-8)9-5-10(13(16)17)7-11(14)6-9/h2-7H,1H3,(H,16,17). The quantitative estimate of drug-likeness (QED) is 0.864. The van der Waals surface area contributed by atoms with E-state index >= 15 is 0 Å². The summed E-state index contributed by atoms with van der Waals surface area (Å²) in [5.74, 6) is -1.71. The van der Waals surface area contributed by atoms with Gasteiger partial charge in [0.2, 0.25) is 0 Å². The number of aromatic carboxylic acids is 1. The van der Waals surface area contributed by atoms with Crippen molar-refractivity contribution >= 4 is 5.97 Å². The topological polar surface area (TPSA) is 50.2 Å². The molecule has 17 heavy (non-hydrogen) atoms. The number of halogens is 1. The minimum atomic E-state index is -1.15. The Morgan fingerprint density at radius 1 is 1.35 bits per heavy atom. The molecular formula is C13H10FNO2. The number of carbonyl (C=O) groups is 1. The first-order chi connectivity index (χ1) is 8.08. The molecule has 0 saturated heterocycles. The van der Waals surface area contributed by atoms with E-state index in [0.29, 0.717) is 5.56 Å². The van der Waals surface area contributed by atoms with E-state index in [2.05, 4.69) is 4.98 Å². The Morgan fingerprint density at radius 3 is 2.76 bits per heavy atom. The molecule has 0 aliphatic carbocycles. The van der Waals surface area contributed by atoms with Crippen LogP contribution in [-0.4, -0.2) is 16.1 Å². The highest BCUT2D eigenvalue weighted by molar-refractivity contribution is 5.89. The fraction of sp³-hybridized carbons (Fsp3) is 0.0769. The van der Waals surface area contributed by atoms with Crippen molar-refractivity contribution in [2.75, 3.05) is 0 Å². The van der Waals surface area contributed by atoms with Crippen LogP contribution in [0.2, 0.25) is 0 Å². The number of aryl methyl sites for hydroxylation is 1. The van der Waals surface area contributed by atoms with E-state index in [0.717, 1.165) is 17.3 Å². The first kappa shape index (κ1) is 11.3.